The number of hydrogen-bond donors (Lipinski definition) is 2. The van der Waals surface area contributed by atoms with Crippen LogP contribution in [0.25, 0.3) is 0 Å². The van der Waals surface area contributed by atoms with Crippen molar-refractivity contribution in [3.05, 3.63) is 23.8 Å². The maximum atomic E-state index is 13.7. The summed E-state index contributed by atoms with van der Waals surface area (Å²) < 4.78 is 58.2. The minimum Gasteiger partial charge on any atom is -0.370 e. The van der Waals surface area contributed by atoms with Gasteiger partial charge < -0.3 is 20.7 Å². The second kappa shape index (κ2) is 9.60. The monoisotopic (exact) mass is 446 g/mol. The van der Waals surface area contributed by atoms with Gasteiger partial charge in [0.2, 0.25) is 5.91 Å². The molecule has 1 aliphatic heterocycles. The van der Waals surface area contributed by atoms with Crippen LogP contribution in [-0.4, -0.2) is 67.4 Å². The van der Waals surface area contributed by atoms with Gasteiger partial charge in [0.25, 0.3) is 24.7 Å². The number of hydrogen-bond acceptors (Lipinski definition) is 5. The number of alkyl halides is 4. The van der Waals surface area contributed by atoms with Gasteiger partial charge in [0.1, 0.15) is 6.61 Å². The molecule has 0 bridgehead atoms. The number of morpholine rings is 1. The van der Waals surface area contributed by atoms with E-state index in [-0.39, 0.29) is 31.1 Å². The van der Waals surface area contributed by atoms with E-state index in [0.29, 0.717) is 12.8 Å². The molecule has 3 amide bonds. The summed E-state index contributed by atoms with van der Waals surface area (Å²) in [5, 5.41) is 2.22. The molecule has 0 aromatic heterocycles. The Hall–Kier alpha value is -2.73. The number of amides is 3. The highest BCUT2D eigenvalue weighted by molar-refractivity contribution is 6.10. The van der Waals surface area contributed by atoms with Crippen molar-refractivity contribution >= 4 is 29.1 Å². The average Bonchev–Trinajstić information content (AvgIpc) is 3.52. The fraction of sp³-hybridized carbons (Fsp3) is 0.526. The Morgan fingerprint density at radius 2 is 1.97 bits per heavy atom. The van der Waals surface area contributed by atoms with Gasteiger partial charge in [0.05, 0.1) is 13.2 Å². The van der Waals surface area contributed by atoms with E-state index in [0.717, 1.165) is 11.0 Å². The molecule has 0 spiro atoms. The first kappa shape index (κ1) is 22.9. The first-order chi connectivity index (χ1) is 14.7. The van der Waals surface area contributed by atoms with Crippen LogP contribution in [-0.2, 0) is 19.1 Å². The summed E-state index contributed by atoms with van der Waals surface area (Å²) in [4.78, 5) is 38.8. The highest BCUT2D eigenvalue weighted by Crippen LogP contribution is 2.33. The third-order valence-electron chi connectivity index (χ3n) is 5.04. The van der Waals surface area contributed by atoms with Crippen LogP contribution in [0.15, 0.2) is 18.2 Å². The maximum absolute atomic E-state index is 13.7. The molecule has 1 aliphatic carbocycles. The number of halogens is 4. The van der Waals surface area contributed by atoms with Crippen LogP contribution < -0.4 is 16.0 Å². The molecule has 170 valence electrons. The predicted molar refractivity (Wildman–Crippen MR) is 102 cm³/mol. The van der Waals surface area contributed by atoms with E-state index in [1.807, 2.05) is 0 Å². The second-order valence-corrected chi connectivity index (χ2v) is 7.28. The van der Waals surface area contributed by atoms with Crippen molar-refractivity contribution in [2.75, 3.05) is 36.5 Å². The van der Waals surface area contributed by atoms with Crippen molar-refractivity contribution in [3.63, 3.8) is 0 Å². The van der Waals surface area contributed by atoms with Gasteiger partial charge in [-0.25, -0.2) is 17.6 Å². The van der Waals surface area contributed by atoms with Crippen LogP contribution in [0.5, 0.6) is 0 Å². The average molecular weight is 446 g/mol. The number of carbonyl (C=O) groups is 3. The molecule has 12 heteroatoms. The van der Waals surface area contributed by atoms with Crippen LogP contribution in [0.1, 0.15) is 24.8 Å². The smallest absolute Gasteiger partial charge is 0.265 e. The van der Waals surface area contributed by atoms with E-state index in [1.54, 1.807) is 0 Å². The number of nitrogens with zero attached hydrogens (tertiary/aromatic N) is 2. The third-order valence-corrected chi connectivity index (χ3v) is 5.04. The normalized spacial score (nSPS) is 18.0. The van der Waals surface area contributed by atoms with Crippen LogP contribution >= 0.6 is 0 Å². The topological polar surface area (TPSA) is 105 Å². The molecule has 0 radical (unpaired) electrons. The number of rotatable bonds is 9. The molecule has 1 aromatic rings. The van der Waals surface area contributed by atoms with Gasteiger partial charge in [-0.15, -0.1) is 0 Å². The molecule has 31 heavy (non-hydrogen) atoms. The van der Waals surface area contributed by atoms with Crippen molar-refractivity contribution in [1.82, 2.24) is 4.90 Å². The van der Waals surface area contributed by atoms with Gasteiger partial charge in [0, 0.05) is 29.5 Å². The van der Waals surface area contributed by atoms with Crippen molar-refractivity contribution in [2.24, 2.45) is 5.73 Å². The van der Waals surface area contributed by atoms with Crippen molar-refractivity contribution < 1.29 is 36.7 Å². The van der Waals surface area contributed by atoms with E-state index in [4.69, 9.17) is 10.5 Å². The molecule has 1 heterocycles. The van der Waals surface area contributed by atoms with E-state index in [2.05, 4.69) is 5.32 Å². The van der Waals surface area contributed by atoms with E-state index in [9.17, 15) is 31.9 Å². The molecule has 0 unspecified atom stereocenters. The molecule has 3 rings (SSSR count). The quantitative estimate of drug-likeness (QED) is 0.442. The first-order valence-corrected chi connectivity index (χ1v) is 9.63. The third kappa shape index (κ3) is 5.50. The van der Waals surface area contributed by atoms with E-state index < -0.39 is 54.8 Å². The van der Waals surface area contributed by atoms with Crippen LogP contribution in [0.2, 0.25) is 0 Å². The molecule has 2 fully saturated rings. The molecular formula is C19H22F4N4O4. The lowest BCUT2D eigenvalue weighted by molar-refractivity contribution is -0.133. The zero-order valence-corrected chi connectivity index (χ0v) is 16.4. The summed E-state index contributed by atoms with van der Waals surface area (Å²) in [6.45, 7) is -0.591. The minimum absolute atomic E-state index is 0.177. The number of carbonyl (C=O) groups excluding carboxylic acids is 3. The van der Waals surface area contributed by atoms with Gasteiger partial charge in [-0.3, -0.25) is 19.3 Å². The summed E-state index contributed by atoms with van der Waals surface area (Å²) in [6, 6.07) is 1.46. The van der Waals surface area contributed by atoms with Crippen LogP contribution in [0.3, 0.4) is 0 Å². The molecule has 1 saturated carbocycles. The first-order valence-electron chi connectivity index (χ1n) is 9.63. The fourth-order valence-corrected chi connectivity index (χ4v) is 3.48. The highest BCUT2D eigenvalue weighted by Gasteiger charge is 2.42. The Kier molecular flexibility index (Phi) is 7.11. The summed E-state index contributed by atoms with van der Waals surface area (Å²) >= 11 is 0. The number of nitrogens with one attached hydrogen (secondary N) is 1. The zero-order chi connectivity index (χ0) is 22.7. The Balaban J connectivity index is 1.84. The predicted octanol–water partition coefficient (Wildman–Crippen LogP) is 1.51. The van der Waals surface area contributed by atoms with Crippen molar-refractivity contribution in [1.29, 1.82) is 0 Å². The lowest BCUT2D eigenvalue weighted by Gasteiger charge is -2.29. The van der Waals surface area contributed by atoms with Gasteiger partial charge in [-0.1, -0.05) is 0 Å². The Morgan fingerprint density at radius 1 is 1.26 bits per heavy atom. The summed E-state index contributed by atoms with van der Waals surface area (Å²) in [5.41, 5.74) is 4.59. The lowest BCUT2D eigenvalue weighted by atomic mass is 10.1. The van der Waals surface area contributed by atoms with Crippen molar-refractivity contribution in [2.45, 2.75) is 37.8 Å². The molecule has 1 atom stereocenters. The Morgan fingerprint density at radius 3 is 2.52 bits per heavy atom. The number of primary amides is 1. The van der Waals surface area contributed by atoms with Gasteiger partial charge in [-0.05, 0) is 31.0 Å². The molecular weight excluding hydrogens is 424 g/mol. The number of ether oxygens (including phenoxy) is 1. The SMILES string of the molecule is NC(=O)[C@H](C(=O)Nc1ccc(N2CCOCC2=O)cc1C(F)F)N(CC(F)F)C1CC1. The van der Waals surface area contributed by atoms with Gasteiger partial charge >= 0.3 is 0 Å². The Bertz CT molecular complexity index is 850. The van der Waals surface area contributed by atoms with Gasteiger partial charge in [-0.2, -0.15) is 0 Å². The standard InChI is InChI=1S/C19H22F4N4O4/c20-14(21)8-27(10-1-2-10)16(18(24)29)19(30)25-13-4-3-11(7-12(13)17(22)23)26-5-6-31-9-15(26)28/h3-4,7,10,14,16-17H,1-2,5-6,8-9H2,(H2,24,29)(H,25,30)/t16-/m1/s1. The molecule has 3 N–H and O–H groups in total. The molecule has 8 nitrogen and oxygen atoms in total. The number of benzene rings is 1. The number of anilines is 2. The molecule has 1 aromatic carbocycles. The minimum atomic E-state index is -3.01. The zero-order valence-electron chi connectivity index (χ0n) is 16.4. The largest absolute Gasteiger partial charge is 0.370 e. The van der Waals surface area contributed by atoms with Crippen LogP contribution in [0.4, 0.5) is 28.9 Å². The summed E-state index contributed by atoms with van der Waals surface area (Å²) in [7, 11) is 0. The summed E-state index contributed by atoms with van der Waals surface area (Å²) in [5.74, 6) is -2.62. The van der Waals surface area contributed by atoms with Crippen molar-refractivity contribution in [3.8, 4) is 0 Å². The summed E-state index contributed by atoms with van der Waals surface area (Å²) in [6.07, 6.45) is -4.78. The van der Waals surface area contributed by atoms with E-state index in [1.165, 1.54) is 17.0 Å². The fourth-order valence-electron chi connectivity index (χ4n) is 3.48. The van der Waals surface area contributed by atoms with Gasteiger partial charge in [0.15, 0.2) is 6.04 Å². The second-order valence-electron chi connectivity index (χ2n) is 7.28. The van der Waals surface area contributed by atoms with Crippen LogP contribution in [0, 0.1) is 0 Å². The molecule has 2 aliphatic rings. The lowest BCUT2D eigenvalue weighted by Crippen LogP contribution is -2.54. The highest BCUT2D eigenvalue weighted by atomic mass is 19.3. The molecule has 1 saturated heterocycles. The Labute approximate surface area is 175 Å². The number of nitrogens with two attached hydrogens (primary N) is 1. The van der Waals surface area contributed by atoms with E-state index >= 15 is 0 Å². The maximum Gasteiger partial charge on any atom is 0.265 e.